The predicted molar refractivity (Wildman–Crippen MR) is 78.7 cm³/mol. The summed E-state index contributed by atoms with van der Waals surface area (Å²) in [6.07, 6.45) is 8.18. The molecule has 0 spiro atoms. The van der Waals surface area contributed by atoms with Crippen molar-refractivity contribution in [3.05, 3.63) is 0 Å². The number of amides is 2. The summed E-state index contributed by atoms with van der Waals surface area (Å²) in [6.45, 7) is 4.82. The maximum absolute atomic E-state index is 11.8. The lowest BCUT2D eigenvalue weighted by Crippen LogP contribution is -2.48. The fourth-order valence-corrected chi connectivity index (χ4v) is 2.75. The number of urea groups is 1. The zero-order valence-electron chi connectivity index (χ0n) is 12.7. The quantitative estimate of drug-likeness (QED) is 0.672. The lowest BCUT2D eigenvalue weighted by molar-refractivity contribution is -0.139. The molecule has 116 valence electrons. The molecule has 1 rings (SSSR count). The van der Waals surface area contributed by atoms with Crippen LogP contribution in [0.25, 0.3) is 0 Å². The van der Waals surface area contributed by atoms with Crippen molar-refractivity contribution in [1.29, 1.82) is 0 Å². The number of carbonyl (C=O) groups excluding carboxylic acids is 1. The Labute approximate surface area is 121 Å². The fourth-order valence-electron chi connectivity index (χ4n) is 2.75. The molecule has 5 nitrogen and oxygen atoms in total. The Hall–Kier alpha value is -1.26. The maximum Gasteiger partial charge on any atom is 0.326 e. The van der Waals surface area contributed by atoms with E-state index in [0.717, 1.165) is 25.7 Å². The van der Waals surface area contributed by atoms with E-state index in [0.29, 0.717) is 13.0 Å². The van der Waals surface area contributed by atoms with Crippen molar-refractivity contribution in [2.75, 3.05) is 6.54 Å². The summed E-state index contributed by atoms with van der Waals surface area (Å²) < 4.78 is 0. The van der Waals surface area contributed by atoms with Crippen LogP contribution in [0.2, 0.25) is 0 Å². The summed E-state index contributed by atoms with van der Waals surface area (Å²) in [7, 11) is 0. The van der Waals surface area contributed by atoms with Crippen LogP contribution in [0.3, 0.4) is 0 Å². The molecule has 5 heteroatoms. The van der Waals surface area contributed by atoms with Crippen molar-refractivity contribution < 1.29 is 14.7 Å². The van der Waals surface area contributed by atoms with Gasteiger partial charge in [-0.1, -0.05) is 46.0 Å². The molecule has 0 aromatic heterocycles. The number of carbonyl (C=O) groups is 2. The predicted octanol–water partition coefficient (Wildman–Crippen LogP) is 2.90. The van der Waals surface area contributed by atoms with Gasteiger partial charge in [0.05, 0.1) is 0 Å². The minimum Gasteiger partial charge on any atom is -0.480 e. The number of aliphatic carboxylic acids is 1. The van der Waals surface area contributed by atoms with Gasteiger partial charge in [-0.3, -0.25) is 0 Å². The van der Waals surface area contributed by atoms with E-state index in [9.17, 15) is 9.59 Å². The smallest absolute Gasteiger partial charge is 0.326 e. The lowest BCUT2D eigenvalue weighted by atomic mass is 9.76. The van der Waals surface area contributed by atoms with Gasteiger partial charge in [0.1, 0.15) is 6.04 Å². The summed E-state index contributed by atoms with van der Waals surface area (Å²) in [4.78, 5) is 22.9. The highest BCUT2D eigenvalue weighted by Crippen LogP contribution is 2.34. The third-order valence-corrected chi connectivity index (χ3v) is 4.19. The lowest BCUT2D eigenvalue weighted by Gasteiger charge is -2.33. The summed E-state index contributed by atoms with van der Waals surface area (Å²) >= 11 is 0. The zero-order chi connectivity index (χ0) is 15.0. The van der Waals surface area contributed by atoms with Crippen LogP contribution in [0.15, 0.2) is 0 Å². The molecule has 0 heterocycles. The van der Waals surface area contributed by atoms with Crippen LogP contribution < -0.4 is 10.6 Å². The van der Waals surface area contributed by atoms with E-state index in [4.69, 9.17) is 5.11 Å². The standard InChI is InChI=1S/C15H28N2O3/c1-3-4-8-12(13(18)19)17-14(20)16-11-15(2)9-6-5-7-10-15/h12H,3-11H2,1-2H3,(H,18,19)(H2,16,17,20)/t12-/m0/s1. The van der Waals surface area contributed by atoms with E-state index in [-0.39, 0.29) is 11.4 Å². The van der Waals surface area contributed by atoms with Crippen molar-refractivity contribution in [1.82, 2.24) is 10.6 Å². The number of carboxylic acids is 1. The van der Waals surface area contributed by atoms with Gasteiger partial charge in [-0.05, 0) is 24.7 Å². The van der Waals surface area contributed by atoms with Crippen LogP contribution in [-0.2, 0) is 4.79 Å². The Balaban J connectivity index is 2.35. The SMILES string of the molecule is CCCC[C@H](NC(=O)NCC1(C)CCCCC1)C(=O)O. The topological polar surface area (TPSA) is 78.4 Å². The summed E-state index contributed by atoms with van der Waals surface area (Å²) in [6, 6.07) is -1.14. The van der Waals surface area contributed by atoms with Gasteiger partial charge in [-0.25, -0.2) is 9.59 Å². The number of unbranched alkanes of at least 4 members (excludes halogenated alkanes) is 1. The van der Waals surface area contributed by atoms with E-state index in [1.807, 2.05) is 6.92 Å². The second-order valence-corrected chi connectivity index (χ2v) is 6.23. The summed E-state index contributed by atoms with van der Waals surface area (Å²) in [5, 5.41) is 14.5. The number of nitrogens with one attached hydrogen (secondary N) is 2. The molecule has 0 aromatic carbocycles. The largest absolute Gasteiger partial charge is 0.480 e. The maximum atomic E-state index is 11.8. The molecule has 1 fully saturated rings. The average Bonchev–Trinajstić information content (AvgIpc) is 2.42. The van der Waals surface area contributed by atoms with Crippen molar-refractivity contribution in [2.45, 2.75) is 71.3 Å². The van der Waals surface area contributed by atoms with Crippen LogP contribution in [0.4, 0.5) is 4.79 Å². The second kappa shape index (κ2) is 8.12. The van der Waals surface area contributed by atoms with Gasteiger partial charge in [0.15, 0.2) is 0 Å². The normalized spacial score (nSPS) is 19.1. The minimum atomic E-state index is -0.961. The van der Waals surface area contributed by atoms with Crippen molar-refractivity contribution >= 4 is 12.0 Å². The monoisotopic (exact) mass is 284 g/mol. The van der Waals surface area contributed by atoms with Gasteiger partial charge in [-0.15, -0.1) is 0 Å². The highest BCUT2D eigenvalue weighted by atomic mass is 16.4. The van der Waals surface area contributed by atoms with Gasteiger partial charge >= 0.3 is 12.0 Å². The molecule has 1 atom stereocenters. The second-order valence-electron chi connectivity index (χ2n) is 6.23. The molecule has 1 aliphatic carbocycles. The molecule has 20 heavy (non-hydrogen) atoms. The minimum absolute atomic E-state index is 0.164. The first-order valence-electron chi connectivity index (χ1n) is 7.74. The Morgan fingerprint density at radius 1 is 1.25 bits per heavy atom. The Morgan fingerprint density at radius 2 is 1.90 bits per heavy atom. The highest BCUT2D eigenvalue weighted by molar-refractivity contribution is 5.82. The number of hydrogen-bond acceptors (Lipinski definition) is 2. The van der Waals surface area contributed by atoms with Crippen molar-refractivity contribution in [3.8, 4) is 0 Å². The molecule has 2 amide bonds. The van der Waals surface area contributed by atoms with Gasteiger partial charge in [-0.2, -0.15) is 0 Å². The van der Waals surface area contributed by atoms with E-state index in [2.05, 4.69) is 17.6 Å². The Kier molecular flexibility index (Phi) is 6.82. The van der Waals surface area contributed by atoms with Gasteiger partial charge < -0.3 is 15.7 Å². The zero-order valence-corrected chi connectivity index (χ0v) is 12.7. The van der Waals surface area contributed by atoms with E-state index in [1.54, 1.807) is 0 Å². The van der Waals surface area contributed by atoms with Gasteiger partial charge in [0.2, 0.25) is 0 Å². The molecular weight excluding hydrogens is 256 g/mol. The van der Waals surface area contributed by atoms with Crippen LogP contribution in [0, 0.1) is 5.41 Å². The fraction of sp³-hybridized carbons (Fsp3) is 0.867. The van der Waals surface area contributed by atoms with E-state index < -0.39 is 12.0 Å². The summed E-state index contributed by atoms with van der Waals surface area (Å²) in [5.41, 5.74) is 0.164. The highest BCUT2D eigenvalue weighted by Gasteiger charge is 2.27. The molecule has 0 aromatic rings. The molecule has 0 aliphatic heterocycles. The molecule has 0 radical (unpaired) electrons. The Bertz CT molecular complexity index is 325. The molecule has 3 N–H and O–H groups in total. The summed E-state index contributed by atoms with van der Waals surface area (Å²) in [5.74, 6) is -0.961. The van der Waals surface area contributed by atoms with Gasteiger partial charge in [0.25, 0.3) is 0 Å². The van der Waals surface area contributed by atoms with Crippen LogP contribution in [0.5, 0.6) is 0 Å². The number of rotatable bonds is 7. The third kappa shape index (κ3) is 5.80. The molecule has 0 bridgehead atoms. The Morgan fingerprint density at radius 3 is 2.45 bits per heavy atom. The molecule has 1 aliphatic rings. The van der Waals surface area contributed by atoms with Crippen molar-refractivity contribution in [3.63, 3.8) is 0 Å². The number of carboxylic acid groups (broad SMARTS) is 1. The molecule has 0 saturated heterocycles. The van der Waals surface area contributed by atoms with Crippen molar-refractivity contribution in [2.24, 2.45) is 5.41 Å². The third-order valence-electron chi connectivity index (χ3n) is 4.19. The molecule has 1 saturated carbocycles. The average molecular weight is 284 g/mol. The first-order chi connectivity index (χ1) is 9.47. The van der Waals surface area contributed by atoms with Crippen LogP contribution >= 0.6 is 0 Å². The first-order valence-corrected chi connectivity index (χ1v) is 7.74. The molecule has 0 unspecified atom stereocenters. The van der Waals surface area contributed by atoms with E-state index in [1.165, 1.54) is 19.3 Å². The molecular formula is C15H28N2O3. The van der Waals surface area contributed by atoms with Crippen LogP contribution in [0.1, 0.15) is 65.2 Å². The van der Waals surface area contributed by atoms with E-state index >= 15 is 0 Å². The first kappa shape index (κ1) is 16.8. The van der Waals surface area contributed by atoms with Crippen LogP contribution in [-0.4, -0.2) is 29.7 Å². The number of hydrogen-bond donors (Lipinski definition) is 3. The van der Waals surface area contributed by atoms with Gasteiger partial charge in [0, 0.05) is 6.54 Å².